The van der Waals surface area contributed by atoms with Gasteiger partial charge in [-0.3, -0.25) is 10.1 Å². The second kappa shape index (κ2) is 8.90. The van der Waals surface area contributed by atoms with E-state index in [4.69, 9.17) is 0 Å². The van der Waals surface area contributed by atoms with Crippen molar-refractivity contribution in [2.45, 2.75) is 33.1 Å². The maximum Gasteiger partial charge on any atom is 0.353 e. The first-order valence-electron chi connectivity index (χ1n) is 9.13. The Bertz CT molecular complexity index is 959. The lowest BCUT2D eigenvalue weighted by Crippen LogP contribution is -2.06. The molecule has 28 heavy (non-hydrogen) atoms. The van der Waals surface area contributed by atoms with Crippen molar-refractivity contribution >= 4 is 28.8 Å². The van der Waals surface area contributed by atoms with Crippen molar-refractivity contribution in [1.29, 1.82) is 0 Å². The van der Waals surface area contributed by atoms with Crippen LogP contribution in [0.2, 0.25) is 0 Å². The number of nitrogens with one attached hydrogen (secondary N) is 2. The monoisotopic (exact) mass is 378 g/mol. The van der Waals surface area contributed by atoms with Crippen LogP contribution in [0.15, 0.2) is 48.8 Å². The zero-order valence-electron chi connectivity index (χ0n) is 15.8. The molecule has 3 aromatic rings. The van der Waals surface area contributed by atoms with Crippen LogP contribution in [0.4, 0.5) is 28.8 Å². The third kappa shape index (κ3) is 4.79. The zero-order valence-corrected chi connectivity index (χ0v) is 15.8. The Morgan fingerprint density at radius 2 is 1.75 bits per heavy atom. The predicted octanol–water partition coefficient (Wildman–Crippen LogP) is 4.92. The normalized spacial score (nSPS) is 10.5. The molecule has 0 aliphatic heterocycles. The van der Waals surface area contributed by atoms with Crippen molar-refractivity contribution in [3.63, 3.8) is 0 Å². The van der Waals surface area contributed by atoms with Gasteiger partial charge in [0.1, 0.15) is 12.1 Å². The molecule has 0 aliphatic rings. The average molecular weight is 378 g/mol. The third-order valence-electron chi connectivity index (χ3n) is 4.18. The summed E-state index contributed by atoms with van der Waals surface area (Å²) in [6.45, 7) is 4.00. The Kier molecular flexibility index (Phi) is 6.11. The van der Waals surface area contributed by atoms with Gasteiger partial charge in [-0.2, -0.15) is 0 Å². The summed E-state index contributed by atoms with van der Waals surface area (Å²) in [5.74, 6) is 0.685. The molecule has 144 valence electrons. The van der Waals surface area contributed by atoms with Crippen LogP contribution in [0.25, 0.3) is 0 Å². The molecule has 0 amide bonds. The highest BCUT2D eigenvalue weighted by atomic mass is 16.6. The summed E-state index contributed by atoms with van der Waals surface area (Å²) in [5, 5.41) is 17.6. The molecule has 0 aliphatic carbocycles. The maximum absolute atomic E-state index is 11.7. The van der Waals surface area contributed by atoms with Crippen molar-refractivity contribution in [2.24, 2.45) is 0 Å². The van der Waals surface area contributed by atoms with Crippen molar-refractivity contribution < 1.29 is 4.92 Å². The minimum atomic E-state index is -0.504. The molecule has 0 saturated carbocycles. The number of pyridine rings is 1. The van der Waals surface area contributed by atoms with Gasteiger partial charge < -0.3 is 10.6 Å². The largest absolute Gasteiger partial charge is 0.353 e. The van der Waals surface area contributed by atoms with Crippen LogP contribution in [0, 0.1) is 17.0 Å². The Labute approximate surface area is 163 Å². The van der Waals surface area contributed by atoms with Crippen LogP contribution in [0.5, 0.6) is 0 Å². The minimum Gasteiger partial charge on any atom is -0.334 e. The Morgan fingerprint density at radius 3 is 2.39 bits per heavy atom. The van der Waals surface area contributed by atoms with Crippen molar-refractivity contribution in [1.82, 2.24) is 15.0 Å². The van der Waals surface area contributed by atoms with E-state index in [1.165, 1.54) is 11.9 Å². The topological polar surface area (TPSA) is 106 Å². The quantitative estimate of drug-likeness (QED) is 0.423. The first-order chi connectivity index (χ1) is 13.6. The highest BCUT2D eigenvalue weighted by molar-refractivity contribution is 5.76. The van der Waals surface area contributed by atoms with Gasteiger partial charge in [-0.05, 0) is 49.6 Å². The van der Waals surface area contributed by atoms with Crippen LogP contribution in [-0.2, 0) is 6.42 Å². The molecule has 0 unspecified atom stereocenters. The molecule has 2 N–H and O–H groups in total. The lowest BCUT2D eigenvalue weighted by Gasteiger charge is -2.10. The first-order valence-corrected chi connectivity index (χ1v) is 9.13. The molecule has 0 fully saturated rings. The summed E-state index contributed by atoms with van der Waals surface area (Å²) in [7, 11) is 0. The van der Waals surface area contributed by atoms with Crippen LogP contribution in [-0.4, -0.2) is 19.9 Å². The Hall–Kier alpha value is -3.55. The van der Waals surface area contributed by atoms with Gasteiger partial charge >= 0.3 is 5.69 Å². The van der Waals surface area contributed by atoms with E-state index in [1.807, 2.05) is 43.3 Å². The SMILES string of the molecule is CCCCc1ccc(Nc2ncnc(Nc3cccc(C)n3)c2[N+](=O)[O-])cc1. The Morgan fingerprint density at radius 1 is 1.04 bits per heavy atom. The molecule has 2 aromatic heterocycles. The van der Waals surface area contributed by atoms with Crippen LogP contribution >= 0.6 is 0 Å². The number of rotatable bonds is 8. The zero-order chi connectivity index (χ0) is 19.9. The number of nitrogens with zero attached hydrogens (tertiary/aromatic N) is 4. The Balaban J connectivity index is 1.86. The molecule has 1 aromatic carbocycles. The molecule has 3 rings (SSSR count). The summed E-state index contributed by atoms with van der Waals surface area (Å²) in [6, 6.07) is 13.2. The van der Waals surface area contributed by atoms with Crippen molar-refractivity contribution in [2.75, 3.05) is 10.6 Å². The minimum absolute atomic E-state index is 0.0835. The van der Waals surface area contributed by atoms with E-state index in [9.17, 15) is 10.1 Å². The standard InChI is InChI=1S/C20H22N6O2/c1-3-4-7-15-9-11-16(12-10-15)24-19-18(26(27)28)20(22-13-21-19)25-17-8-5-6-14(2)23-17/h5-6,8-13H,3-4,7H2,1-2H3,(H2,21,22,23,24,25). The van der Waals surface area contributed by atoms with Crippen LogP contribution in [0.3, 0.4) is 0 Å². The molecule has 0 spiro atoms. The lowest BCUT2D eigenvalue weighted by atomic mass is 10.1. The van der Waals surface area contributed by atoms with Gasteiger partial charge in [-0.1, -0.05) is 31.5 Å². The molecular formula is C20H22N6O2. The van der Waals surface area contributed by atoms with E-state index in [0.717, 1.165) is 30.6 Å². The number of hydrogen-bond acceptors (Lipinski definition) is 7. The molecule has 8 heteroatoms. The highest BCUT2D eigenvalue weighted by Crippen LogP contribution is 2.32. The van der Waals surface area contributed by atoms with Crippen LogP contribution < -0.4 is 10.6 Å². The summed E-state index contributed by atoms with van der Waals surface area (Å²) in [6.07, 6.45) is 4.57. The van der Waals surface area contributed by atoms with Gasteiger partial charge in [0.15, 0.2) is 0 Å². The second-order valence-corrected chi connectivity index (χ2v) is 6.39. The number of aromatic nitrogens is 3. The molecule has 2 heterocycles. The van der Waals surface area contributed by atoms with E-state index in [0.29, 0.717) is 5.82 Å². The van der Waals surface area contributed by atoms with Gasteiger partial charge in [0.25, 0.3) is 0 Å². The number of nitro groups is 1. The molecule has 0 radical (unpaired) electrons. The van der Waals surface area contributed by atoms with Gasteiger partial charge in [-0.15, -0.1) is 0 Å². The van der Waals surface area contributed by atoms with Gasteiger partial charge in [0.05, 0.1) is 4.92 Å². The number of hydrogen-bond donors (Lipinski definition) is 2. The van der Waals surface area contributed by atoms with Gasteiger partial charge in [-0.25, -0.2) is 15.0 Å². The highest BCUT2D eigenvalue weighted by Gasteiger charge is 2.23. The first kappa shape index (κ1) is 19.2. The fourth-order valence-corrected chi connectivity index (χ4v) is 2.74. The van der Waals surface area contributed by atoms with E-state index in [2.05, 4.69) is 32.5 Å². The summed E-state index contributed by atoms with van der Waals surface area (Å²) in [4.78, 5) is 23.6. The smallest absolute Gasteiger partial charge is 0.334 e. The molecule has 0 atom stereocenters. The molecular weight excluding hydrogens is 356 g/mol. The molecule has 0 bridgehead atoms. The van der Waals surface area contributed by atoms with Gasteiger partial charge in [0.2, 0.25) is 11.6 Å². The third-order valence-corrected chi connectivity index (χ3v) is 4.18. The predicted molar refractivity (Wildman–Crippen MR) is 109 cm³/mol. The van der Waals surface area contributed by atoms with Gasteiger partial charge in [0, 0.05) is 11.4 Å². The van der Waals surface area contributed by atoms with Crippen molar-refractivity contribution in [3.05, 3.63) is 70.2 Å². The van der Waals surface area contributed by atoms with Crippen molar-refractivity contribution in [3.8, 4) is 0 Å². The second-order valence-electron chi connectivity index (χ2n) is 6.39. The van der Waals surface area contributed by atoms with E-state index >= 15 is 0 Å². The number of unbranched alkanes of at least 4 members (excludes halogenated alkanes) is 1. The number of aryl methyl sites for hydroxylation is 2. The average Bonchev–Trinajstić information content (AvgIpc) is 2.67. The lowest BCUT2D eigenvalue weighted by molar-refractivity contribution is -0.383. The molecule has 0 saturated heterocycles. The summed E-state index contributed by atoms with van der Waals surface area (Å²) < 4.78 is 0. The number of anilines is 4. The summed E-state index contributed by atoms with van der Waals surface area (Å²) in [5.41, 5.74) is 2.52. The maximum atomic E-state index is 11.7. The van der Waals surface area contributed by atoms with E-state index in [1.54, 1.807) is 6.07 Å². The number of benzene rings is 1. The fraction of sp³-hybridized carbons (Fsp3) is 0.250. The van der Waals surface area contributed by atoms with E-state index < -0.39 is 4.92 Å². The van der Waals surface area contributed by atoms with E-state index in [-0.39, 0.29) is 17.3 Å². The summed E-state index contributed by atoms with van der Waals surface area (Å²) >= 11 is 0. The molecule has 8 nitrogen and oxygen atoms in total. The fourth-order valence-electron chi connectivity index (χ4n) is 2.74. The van der Waals surface area contributed by atoms with Crippen LogP contribution in [0.1, 0.15) is 31.0 Å².